The van der Waals surface area contributed by atoms with E-state index in [9.17, 15) is 5.26 Å². The number of ether oxygens (including phenoxy) is 1. The van der Waals surface area contributed by atoms with Crippen LogP contribution in [0.3, 0.4) is 0 Å². The third kappa shape index (κ3) is 2.32. The molecule has 3 atom stereocenters. The Bertz CT molecular complexity index is 516. The highest BCUT2D eigenvalue weighted by Crippen LogP contribution is 2.42. The van der Waals surface area contributed by atoms with Crippen molar-refractivity contribution in [2.45, 2.75) is 56.2 Å². The first-order valence-electron chi connectivity index (χ1n) is 7.31. The van der Waals surface area contributed by atoms with Crippen LogP contribution >= 0.6 is 0 Å². The molecule has 2 aliphatic carbocycles. The van der Waals surface area contributed by atoms with E-state index < -0.39 is 5.54 Å². The van der Waals surface area contributed by atoms with Crippen molar-refractivity contribution in [3.05, 3.63) is 11.9 Å². The summed E-state index contributed by atoms with van der Waals surface area (Å²) in [5.74, 6) is 0.385. The highest BCUT2D eigenvalue weighted by molar-refractivity contribution is 5.17. The Hall–Kier alpha value is -1.45. The van der Waals surface area contributed by atoms with E-state index >= 15 is 0 Å². The van der Waals surface area contributed by atoms with Gasteiger partial charge in [-0.3, -0.25) is 0 Å². The molecule has 1 heterocycles. The molecule has 0 amide bonds. The van der Waals surface area contributed by atoms with Crippen LogP contribution in [0.4, 0.5) is 0 Å². The van der Waals surface area contributed by atoms with Crippen LogP contribution < -0.4 is 5.73 Å². The molecular formula is C14H21N5O. The van der Waals surface area contributed by atoms with Gasteiger partial charge in [-0.2, -0.15) is 5.26 Å². The van der Waals surface area contributed by atoms with Crippen molar-refractivity contribution in [3.63, 3.8) is 0 Å². The van der Waals surface area contributed by atoms with Crippen molar-refractivity contribution in [3.8, 4) is 6.07 Å². The van der Waals surface area contributed by atoms with Crippen LogP contribution in [0.1, 0.15) is 50.3 Å². The molecular weight excluding hydrogens is 254 g/mol. The smallest absolute Gasteiger partial charge is 0.150 e. The molecule has 6 nitrogen and oxygen atoms in total. The summed E-state index contributed by atoms with van der Waals surface area (Å²) in [6.07, 6.45) is 8.23. The molecule has 0 spiro atoms. The van der Waals surface area contributed by atoms with E-state index in [1.165, 1.54) is 0 Å². The van der Waals surface area contributed by atoms with E-state index in [1.807, 2.05) is 6.20 Å². The average Bonchev–Trinajstić information content (AvgIpc) is 3.15. The van der Waals surface area contributed by atoms with Gasteiger partial charge in [-0.25, -0.2) is 4.68 Å². The molecule has 0 aromatic carbocycles. The first-order chi connectivity index (χ1) is 9.68. The monoisotopic (exact) mass is 275 g/mol. The van der Waals surface area contributed by atoms with Gasteiger partial charge in [0.1, 0.15) is 0 Å². The summed E-state index contributed by atoms with van der Waals surface area (Å²) in [4.78, 5) is 0. The van der Waals surface area contributed by atoms with Gasteiger partial charge >= 0.3 is 0 Å². The van der Waals surface area contributed by atoms with Gasteiger partial charge in [-0.05, 0) is 38.0 Å². The van der Waals surface area contributed by atoms with Gasteiger partial charge in [0.05, 0.1) is 30.1 Å². The number of methoxy groups -OCH3 is 1. The minimum atomic E-state index is -0.452. The van der Waals surface area contributed by atoms with Crippen LogP contribution in [0.2, 0.25) is 0 Å². The maximum atomic E-state index is 9.19. The van der Waals surface area contributed by atoms with E-state index in [0.717, 1.165) is 44.2 Å². The number of aromatic nitrogens is 3. The standard InChI is InChI=1S/C14H21N5O/c1-20-11-4-2-3-10(7-11)13(16)12-8-19(18-17-12)14(9-15)5-6-14/h8,10-11,13H,2-7,16H2,1H3/t10?,11?,13-/m0/s1. The van der Waals surface area contributed by atoms with Crippen LogP contribution in [0.5, 0.6) is 0 Å². The number of hydrogen-bond donors (Lipinski definition) is 1. The third-order valence-electron chi connectivity index (χ3n) is 4.73. The molecule has 0 bridgehead atoms. The normalized spacial score (nSPS) is 29.6. The predicted octanol–water partition coefficient (Wildman–Crippen LogP) is 1.50. The van der Waals surface area contributed by atoms with Crippen molar-refractivity contribution in [2.24, 2.45) is 11.7 Å². The van der Waals surface area contributed by atoms with Crippen LogP contribution in [0.15, 0.2) is 6.20 Å². The van der Waals surface area contributed by atoms with Crippen LogP contribution in [-0.2, 0) is 10.3 Å². The molecule has 0 aliphatic heterocycles. The lowest BCUT2D eigenvalue weighted by atomic mass is 9.81. The summed E-state index contributed by atoms with van der Waals surface area (Å²) >= 11 is 0. The van der Waals surface area contributed by atoms with Crippen LogP contribution in [-0.4, -0.2) is 28.2 Å². The Morgan fingerprint density at radius 3 is 3.00 bits per heavy atom. The van der Waals surface area contributed by atoms with E-state index in [2.05, 4.69) is 16.4 Å². The number of hydrogen-bond acceptors (Lipinski definition) is 5. The zero-order chi connectivity index (χ0) is 14.2. The maximum absolute atomic E-state index is 9.19. The van der Waals surface area contributed by atoms with Gasteiger partial charge in [-0.15, -0.1) is 5.10 Å². The van der Waals surface area contributed by atoms with Gasteiger partial charge in [-0.1, -0.05) is 11.6 Å². The maximum Gasteiger partial charge on any atom is 0.150 e. The molecule has 2 unspecified atom stereocenters. The summed E-state index contributed by atoms with van der Waals surface area (Å²) in [5.41, 5.74) is 6.70. The second kappa shape index (κ2) is 5.15. The molecule has 2 N–H and O–H groups in total. The summed E-state index contributed by atoms with van der Waals surface area (Å²) in [6.45, 7) is 0. The molecule has 2 fully saturated rings. The largest absolute Gasteiger partial charge is 0.381 e. The third-order valence-corrected chi connectivity index (χ3v) is 4.73. The highest BCUT2D eigenvalue weighted by atomic mass is 16.5. The first kappa shape index (κ1) is 13.5. The lowest BCUT2D eigenvalue weighted by Crippen LogP contribution is -2.30. The van der Waals surface area contributed by atoms with Crippen molar-refractivity contribution in [2.75, 3.05) is 7.11 Å². The summed E-state index contributed by atoms with van der Waals surface area (Å²) in [6, 6.07) is 2.20. The van der Waals surface area contributed by atoms with Crippen molar-refractivity contribution in [1.82, 2.24) is 15.0 Å². The Labute approximate surface area is 118 Å². The van der Waals surface area contributed by atoms with Crippen molar-refractivity contribution >= 4 is 0 Å². The Morgan fingerprint density at radius 2 is 2.35 bits per heavy atom. The molecule has 2 aliphatic rings. The Kier molecular flexibility index (Phi) is 3.48. The van der Waals surface area contributed by atoms with Gasteiger partial charge in [0.15, 0.2) is 5.54 Å². The second-order valence-electron chi connectivity index (χ2n) is 6.04. The molecule has 108 valence electrons. The average molecular weight is 275 g/mol. The highest BCUT2D eigenvalue weighted by Gasteiger charge is 2.47. The second-order valence-corrected chi connectivity index (χ2v) is 6.04. The quantitative estimate of drug-likeness (QED) is 0.899. The Morgan fingerprint density at radius 1 is 1.55 bits per heavy atom. The SMILES string of the molecule is COC1CCCC([C@H](N)c2cn(C3(C#N)CC3)nn2)C1. The van der Waals surface area contributed by atoms with Gasteiger partial charge in [0.25, 0.3) is 0 Å². The van der Waals surface area contributed by atoms with E-state index in [-0.39, 0.29) is 6.04 Å². The molecule has 2 saturated carbocycles. The summed E-state index contributed by atoms with van der Waals surface area (Å²) in [5, 5.41) is 17.5. The molecule has 0 saturated heterocycles. The van der Waals surface area contributed by atoms with Crippen LogP contribution in [0.25, 0.3) is 0 Å². The summed E-state index contributed by atoms with van der Waals surface area (Å²) in [7, 11) is 1.76. The number of nitrogens with zero attached hydrogens (tertiary/aromatic N) is 4. The number of rotatable bonds is 4. The van der Waals surface area contributed by atoms with E-state index in [4.69, 9.17) is 10.5 Å². The van der Waals surface area contributed by atoms with Crippen LogP contribution in [0, 0.1) is 17.2 Å². The van der Waals surface area contributed by atoms with Gasteiger partial charge in [0, 0.05) is 7.11 Å². The van der Waals surface area contributed by atoms with E-state index in [0.29, 0.717) is 12.0 Å². The zero-order valence-corrected chi connectivity index (χ0v) is 11.8. The minimum absolute atomic E-state index is 0.115. The Balaban J connectivity index is 1.71. The predicted molar refractivity (Wildman–Crippen MR) is 72.5 cm³/mol. The molecule has 20 heavy (non-hydrogen) atoms. The van der Waals surface area contributed by atoms with E-state index in [1.54, 1.807) is 11.8 Å². The fraction of sp³-hybridized carbons (Fsp3) is 0.786. The number of nitriles is 1. The van der Waals surface area contributed by atoms with Crippen molar-refractivity contribution < 1.29 is 4.74 Å². The molecule has 6 heteroatoms. The topological polar surface area (TPSA) is 89.8 Å². The molecule has 0 radical (unpaired) electrons. The van der Waals surface area contributed by atoms with Crippen molar-refractivity contribution in [1.29, 1.82) is 5.26 Å². The zero-order valence-electron chi connectivity index (χ0n) is 11.8. The van der Waals surface area contributed by atoms with Gasteiger partial charge in [0.2, 0.25) is 0 Å². The fourth-order valence-electron chi connectivity index (χ4n) is 3.11. The van der Waals surface area contributed by atoms with Gasteiger partial charge < -0.3 is 10.5 Å². The molecule has 1 aromatic heterocycles. The number of nitrogens with two attached hydrogens (primary N) is 1. The summed E-state index contributed by atoms with van der Waals surface area (Å²) < 4.78 is 7.15. The lowest BCUT2D eigenvalue weighted by molar-refractivity contribution is 0.0449. The fourth-order valence-corrected chi connectivity index (χ4v) is 3.11. The molecule has 1 aromatic rings. The lowest BCUT2D eigenvalue weighted by Gasteiger charge is -2.31. The minimum Gasteiger partial charge on any atom is -0.381 e. The molecule has 3 rings (SSSR count). The first-order valence-corrected chi connectivity index (χ1v) is 7.31.